The monoisotopic (exact) mass is 254 g/mol. The molecule has 0 spiro atoms. The summed E-state index contributed by atoms with van der Waals surface area (Å²) < 4.78 is 10.3. The first-order chi connectivity index (χ1) is 8.37. The van der Waals surface area contributed by atoms with Crippen LogP contribution in [0.25, 0.3) is 0 Å². The number of amides is 1. The minimum Gasteiger partial charge on any atom is -0.491 e. The fourth-order valence-corrected chi connectivity index (χ4v) is 1.87. The van der Waals surface area contributed by atoms with Crippen LogP contribution in [0.2, 0.25) is 0 Å². The quantitative estimate of drug-likeness (QED) is 0.767. The zero-order valence-electron chi connectivity index (χ0n) is 10.9. The maximum atomic E-state index is 12.0. The fraction of sp³-hybridized carbons (Fsp3) is 0.667. The van der Waals surface area contributed by atoms with E-state index in [0.717, 1.165) is 6.42 Å². The molecule has 1 aliphatic rings. The Hall–Kier alpha value is -1.72. The second-order valence-electron chi connectivity index (χ2n) is 5.41. The lowest BCUT2D eigenvalue weighted by atomic mass is 10.2. The lowest BCUT2D eigenvalue weighted by Crippen LogP contribution is -2.36. The van der Waals surface area contributed by atoms with Crippen LogP contribution < -0.4 is 0 Å². The largest absolute Gasteiger partial charge is 0.491 e. The highest BCUT2D eigenvalue weighted by atomic mass is 16.6. The minimum atomic E-state index is -0.525. The molecule has 6 nitrogen and oxygen atoms in total. The number of aromatic nitrogens is 1. The van der Waals surface area contributed by atoms with Crippen LogP contribution in [-0.4, -0.2) is 33.4 Å². The number of nitrogens with zero attached hydrogens (tertiary/aromatic N) is 2. The molecule has 0 fully saturated rings. The van der Waals surface area contributed by atoms with Crippen molar-refractivity contribution >= 4 is 6.09 Å². The van der Waals surface area contributed by atoms with Crippen molar-refractivity contribution in [3.63, 3.8) is 0 Å². The van der Waals surface area contributed by atoms with Crippen LogP contribution >= 0.6 is 0 Å². The van der Waals surface area contributed by atoms with Gasteiger partial charge in [0.05, 0.1) is 12.1 Å². The van der Waals surface area contributed by atoms with Gasteiger partial charge in [-0.15, -0.1) is 0 Å². The van der Waals surface area contributed by atoms with Gasteiger partial charge in [-0.3, -0.25) is 0 Å². The summed E-state index contributed by atoms with van der Waals surface area (Å²) in [5.41, 5.74) is 0.0569. The fourth-order valence-electron chi connectivity index (χ4n) is 1.87. The number of aromatic hydroxyl groups is 1. The standard InChI is InChI=1S/C12H18N2O4/c1-12(2,3)17-11(16)14-6-4-5-9-8(7-14)10(15)13-18-9/h4-7H2,1-3H3,(H,13,15). The van der Waals surface area contributed by atoms with Crippen molar-refractivity contribution in [2.24, 2.45) is 0 Å². The first-order valence-corrected chi connectivity index (χ1v) is 6.01. The van der Waals surface area contributed by atoms with Crippen molar-refractivity contribution in [2.45, 2.75) is 45.8 Å². The summed E-state index contributed by atoms with van der Waals surface area (Å²) >= 11 is 0. The molecule has 0 saturated carbocycles. The molecule has 0 bridgehead atoms. The molecule has 18 heavy (non-hydrogen) atoms. The molecule has 1 aliphatic heterocycles. The molecule has 6 heteroatoms. The summed E-state index contributed by atoms with van der Waals surface area (Å²) in [6.07, 6.45) is 1.05. The summed E-state index contributed by atoms with van der Waals surface area (Å²) in [5, 5.41) is 13.1. The Morgan fingerprint density at radius 3 is 2.89 bits per heavy atom. The zero-order valence-corrected chi connectivity index (χ0v) is 10.9. The average molecular weight is 254 g/mol. The van der Waals surface area contributed by atoms with E-state index < -0.39 is 5.60 Å². The van der Waals surface area contributed by atoms with Crippen LogP contribution in [0.3, 0.4) is 0 Å². The van der Waals surface area contributed by atoms with Gasteiger partial charge in [0.15, 0.2) is 0 Å². The molecule has 2 heterocycles. The number of hydrogen-bond donors (Lipinski definition) is 1. The molecule has 1 aromatic heterocycles. The van der Waals surface area contributed by atoms with E-state index in [9.17, 15) is 9.90 Å². The van der Waals surface area contributed by atoms with Crippen molar-refractivity contribution in [3.05, 3.63) is 11.3 Å². The van der Waals surface area contributed by atoms with Gasteiger partial charge in [0, 0.05) is 13.0 Å². The number of carbonyl (C=O) groups is 1. The van der Waals surface area contributed by atoms with E-state index in [1.807, 2.05) is 20.8 Å². The van der Waals surface area contributed by atoms with E-state index in [4.69, 9.17) is 9.26 Å². The third-order valence-corrected chi connectivity index (χ3v) is 2.68. The van der Waals surface area contributed by atoms with Gasteiger partial charge < -0.3 is 19.3 Å². The number of fused-ring (bicyclic) bond motifs is 1. The maximum Gasteiger partial charge on any atom is 0.410 e. The summed E-state index contributed by atoms with van der Waals surface area (Å²) in [6.45, 7) is 6.33. The van der Waals surface area contributed by atoms with Gasteiger partial charge in [-0.25, -0.2) is 4.79 Å². The normalized spacial score (nSPS) is 16.1. The Balaban J connectivity index is 2.12. The zero-order chi connectivity index (χ0) is 13.3. The molecule has 100 valence electrons. The van der Waals surface area contributed by atoms with Gasteiger partial charge in [0.2, 0.25) is 0 Å². The van der Waals surface area contributed by atoms with Crippen LogP contribution in [0.4, 0.5) is 4.79 Å². The average Bonchev–Trinajstić information content (AvgIpc) is 2.49. The predicted octanol–water partition coefficient (Wildman–Crippen LogP) is 2.06. The number of ether oxygens (including phenoxy) is 1. The van der Waals surface area contributed by atoms with Gasteiger partial charge in [-0.1, -0.05) is 0 Å². The molecular formula is C12H18N2O4. The summed E-state index contributed by atoms with van der Waals surface area (Å²) in [5.74, 6) is 0.513. The van der Waals surface area contributed by atoms with Gasteiger partial charge in [-0.05, 0) is 32.3 Å². The second-order valence-corrected chi connectivity index (χ2v) is 5.41. The molecule has 1 N–H and O–H groups in total. The molecule has 0 atom stereocenters. The van der Waals surface area contributed by atoms with Crippen molar-refractivity contribution < 1.29 is 19.2 Å². The van der Waals surface area contributed by atoms with Gasteiger partial charge >= 0.3 is 6.09 Å². The lowest BCUT2D eigenvalue weighted by Gasteiger charge is -2.26. The highest BCUT2D eigenvalue weighted by Gasteiger charge is 2.28. The van der Waals surface area contributed by atoms with E-state index >= 15 is 0 Å². The Labute approximate surface area is 106 Å². The Morgan fingerprint density at radius 1 is 1.50 bits per heavy atom. The molecule has 2 rings (SSSR count). The maximum absolute atomic E-state index is 12.0. The van der Waals surface area contributed by atoms with Crippen molar-refractivity contribution in [1.29, 1.82) is 0 Å². The highest BCUT2D eigenvalue weighted by Crippen LogP contribution is 2.26. The van der Waals surface area contributed by atoms with E-state index in [2.05, 4.69) is 5.16 Å². The number of rotatable bonds is 0. The van der Waals surface area contributed by atoms with E-state index in [1.54, 1.807) is 4.90 Å². The summed E-state index contributed by atoms with van der Waals surface area (Å²) in [6, 6.07) is 0. The van der Waals surface area contributed by atoms with Crippen LogP contribution in [-0.2, 0) is 17.7 Å². The third-order valence-electron chi connectivity index (χ3n) is 2.68. The van der Waals surface area contributed by atoms with Crippen molar-refractivity contribution in [3.8, 4) is 5.88 Å². The van der Waals surface area contributed by atoms with Crippen LogP contribution in [0.5, 0.6) is 5.88 Å². The molecular weight excluding hydrogens is 236 g/mol. The molecule has 1 aromatic rings. The Bertz CT molecular complexity index is 447. The van der Waals surface area contributed by atoms with Crippen molar-refractivity contribution in [1.82, 2.24) is 10.1 Å². The molecule has 0 unspecified atom stereocenters. The van der Waals surface area contributed by atoms with Gasteiger partial charge in [-0.2, -0.15) is 0 Å². The van der Waals surface area contributed by atoms with Crippen molar-refractivity contribution in [2.75, 3.05) is 6.54 Å². The molecule has 0 saturated heterocycles. The molecule has 0 aromatic carbocycles. The first kappa shape index (κ1) is 12.7. The molecule has 0 aliphatic carbocycles. The van der Waals surface area contributed by atoms with E-state index in [1.165, 1.54) is 0 Å². The number of carbonyl (C=O) groups excluding carboxylic acids is 1. The SMILES string of the molecule is CC(C)(C)OC(=O)N1CCCc2onc(O)c2C1. The minimum absolute atomic E-state index is 0.138. The highest BCUT2D eigenvalue weighted by molar-refractivity contribution is 5.68. The van der Waals surface area contributed by atoms with Gasteiger partial charge in [0.25, 0.3) is 5.88 Å². The topological polar surface area (TPSA) is 75.8 Å². The van der Waals surface area contributed by atoms with Crippen LogP contribution in [0, 0.1) is 0 Å². The predicted molar refractivity (Wildman–Crippen MR) is 63.1 cm³/mol. The Morgan fingerprint density at radius 2 is 2.22 bits per heavy atom. The molecule has 1 amide bonds. The smallest absolute Gasteiger partial charge is 0.410 e. The Kier molecular flexibility index (Phi) is 3.19. The van der Waals surface area contributed by atoms with Gasteiger partial charge in [0.1, 0.15) is 11.4 Å². The second kappa shape index (κ2) is 4.51. The molecule has 0 radical (unpaired) electrons. The van der Waals surface area contributed by atoms with E-state index in [-0.39, 0.29) is 18.5 Å². The summed E-state index contributed by atoms with van der Waals surface area (Å²) in [7, 11) is 0. The van der Waals surface area contributed by atoms with E-state index in [0.29, 0.717) is 24.3 Å². The third kappa shape index (κ3) is 2.75. The summed E-state index contributed by atoms with van der Waals surface area (Å²) in [4.78, 5) is 13.5. The number of hydrogen-bond acceptors (Lipinski definition) is 5. The first-order valence-electron chi connectivity index (χ1n) is 6.01. The lowest BCUT2D eigenvalue weighted by molar-refractivity contribution is 0.0236. The van der Waals surface area contributed by atoms with Crippen LogP contribution in [0.15, 0.2) is 4.52 Å². The number of aryl methyl sites for hydroxylation is 1. The van der Waals surface area contributed by atoms with Crippen LogP contribution in [0.1, 0.15) is 38.5 Å².